The summed E-state index contributed by atoms with van der Waals surface area (Å²) >= 11 is 0. The van der Waals surface area contributed by atoms with Crippen molar-refractivity contribution in [2.45, 2.75) is 97.0 Å². The second kappa shape index (κ2) is 7.03. The zero-order valence-electron chi connectivity index (χ0n) is 16.3. The summed E-state index contributed by atoms with van der Waals surface area (Å²) < 4.78 is 41.5. The van der Waals surface area contributed by atoms with Crippen LogP contribution < -0.4 is 0 Å². The minimum Gasteiger partial charge on any atom is -0.353 e. The van der Waals surface area contributed by atoms with E-state index in [9.17, 15) is 0 Å². The third kappa shape index (κ3) is 4.53. The number of hydrogen-bond donors (Lipinski definition) is 0. The molecule has 0 amide bonds. The highest BCUT2D eigenvalue weighted by molar-refractivity contribution is 4.99. The van der Waals surface area contributed by atoms with Crippen LogP contribution in [-0.4, -0.2) is 61.8 Å². The van der Waals surface area contributed by atoms with Gasteiger partial charge in [0, 0.05) is 0 Å². The third-order valence-corrected chi connectivity index (χ3v) is 4.43. The van der Waals surface area contributed by atoms with Crippen molar-refractivity contribution in [3.63, 3.8) is 0 Å². The molecule has 3 fully saturated rings. The predicted molar refractivity (Wildman–Crippen MR) is 88.7 cm³/mol. The van der Waals surface area contributed by atoms with Crippen molar-refractivity contribution < 1.29 is 33.2 Å². The van der Waals surface area contributed by atoms with Crippen LogP contribution in [0.2, 0.25) is 0 Å². The highest BCUT2D eigenvalue weighted by Gasteiger charge is 2.59. The van der Waals surface area contributed by atoms with Gasteiger partial charge in [-0.05, 0) is 40.5 Å². The Balaban J connectivity index is 1.66. The van der Waals surface area contributed by atoms with Gasteiger partial charge in [0.2, 0.25) is 0 Å². The van der Waals surface area contributed by atoms with E-state index in [1.54, 1.807) is 0 Å². The Morgan fingerprint density at radius 1 is 0.920 bits per heavy atom. The lowest BCUT2D eigenvalue weighted by Crippen LogP contribution is -2.40. The van der Waals surface area contributed by atoms with E-state index in [4.69, 9.17) is 33.2 Å². The van der Waals surface area contributed by atoms with Gasteiger partial charge in [-0.2, -0.15) is 0 Å². The first kappa shape index (κ1) is 19.5. The molecule has 3 aliphatic rings. The lowest BCUT2D eigenvalue weighted by Gasteiger charge is -2.28. The summed E-state index contributed by atoms with van der Waals surface area (Å²) in [5, 5.41) is 0. The Bertz CT molecular complexity index is 464. The van der Waals surface area contributed by atoms with Crippen LogP contribution in [0.25, 0.3) is 0 Å². The van der Waals surface area contributed by atoms with Crippen LogP contribution in [0.3, 0.4) is 0 Å². The Morgan fingerprint density at radius 3 is 2.20 bits per heavy atom. The zero-order chi connectivity index (χ0) is 18.4. The van der Waals surface area contributed by atoms with Crippen LogP contribution in [0.5, 0.6) is 0 Å². The Kier molecular flexibility index (Phi) is 5.48. The van der Waals surface area contributed by atoms with E-state index >= 15 is 0 Å². The smallest absolute Gasteiger partial charge is 0.190 e. The van der Waals surface area contributed by atoms with Gasteiger partial charge in [-0.3, -0.25) is 0 Å². The van der Waals surface area contributed by atoms with Gasteiger partial charge in [0.1, 0.15) is 24.4 Å². The quantitative estimate of drug-likeness (QED) is 0.674. The van der Waals surface area contributed by atoms with Crippen LogP contribution in [0.4, 0.5) is 0 Å². The standard InChI is InChI=1S/C18H32O7/c1-10(2)8-19-11(3)21-16-15-14(24-18(6,7)25-15)13(22-16)12-9-20-17(4,5)23-12/h10-16H,8-9H2,1-7H3/t11?,12?,13-,14+,15+,16?/m1/s1. The minimum absolute atomic E-state index is 0.222. The molecule has 146 valence electrons. The van der Waals surface area contributed by atoms with E-state index in [0.717, 1.165) is 0 Å². The molecule has 0 bridgehead atoms. The fraction of sp³-hybridized carbons (Fsp3) is 1.00. The minimum atomic E-state index is -0.685. The van der Waals surface area contributed by atoms with Crippen molar-refractivity contribution in [1.29, 1.82) is 0 Å². The molecule has 0 aliphatic carbocycles. The Hall–Kier alpha value is -0.280. The van der Waals surface area contributed by atoms with Crippen LogP contribution in [0.15, 0.2) is 0 Å². The molecular formula is C18H32O7. The van der Waals surface area contributed by atoms with E-state index in [0.29, 0.717) is 19.1 Å². The lowest BCUT2D eigenvalue weighted by atomic mass is 10.1. The predicted octanol–water partition coefficient (Wildman–Crippen LogP) is 2.42. The zero-order valence-corrected chi connectivity index (χ0v) is 16.3. The molecule has 0 aromatic rings. The van der Waals surface area contributed by atoms with Crippen LogP contribution in [0.1, 0.15) is 48.5 Å². The molecule has 3 unspecified atom stereocenters. The first-order chi connectivity index (χ1) is 11.6. The third-order valence-electron chi connectivity index (χ3n) is 4.43. The van der Waals surface area contributed by atoms with Crippen molar-refractivity contribution in [1.82, 2.24) is 0 Å². The monoisotopic (exact) mass is 360 g/mol. The Labute approximate surface area is 150 Å². The second-order valence-electron chi connectivity index (χ2n) is 8.33. The summed E-state index contributed by atoms with van der Waals surface area (Å²) in [5.41, 5.74) is 0. The summed E-state index contributed by atoms with van der Waals surface area (Å²) in [6, 6.07) is 0. The van der Waals surface area contributed by atoms with Gasteiger partial charge in [0.15, 0.2) is 24.2 Å². The van der Waals surface area contributed by atoms with Gasteiger partial charge >= 0.3 is 0 Å². The SMILES string of the molecule is CC(C)COC(C)OC1O[C@H](C2COC(C)(C)O2)[C@@H]2OC(C)(C)O[C@H]12. The number of ether oxygens (including phenoxy) is 7. The maximum Gasteiger partial charge on any atom is 0.190 e. The van der Waals surface area contributed by atoms with E-state index < -0.39 is 24.2 Å². The summed E-state index contributed by atoms with van der Waals surface area (Å²) in [4.78, 5) is 0. The van der Waals surface area contributed by atoms with Crippen molar-refractivity contribution in [2.24, 2.45) is 5.92 Å². The number of rotatable bonds is 6. The molecule has 3 saturated heterocycles. The van der Waals surface area contributed by atoms with Gasteiger partial charge < -0.3 is 33.2 Å². The van der Waals surface area contributed by atoms with Crippen molar-refractivity contribution in [3.8, 4) is 0 Å². The molecule has 7 heteroatoms. The molecular weight excluding hydrogens is 328 g/mol. The first-order valence-corrected chi connectivity index (χ1v) is 9.16. The topological polar surface area (TPSA) is 64.6 Å². The molecule has 6 atom stereocenters. The maximum absolute atomic E-state index is 6.12. The van der Waals surface area contributed by atoms with Crippen molar-refractivity contribution in [3.05, 3.63) is 0 Å². The maximum atomic E-state index is 6.12. The van der Waals surface area contributed by atoms with Crippen molar-refractivity contribution in [2.75, 3.05) is 13.2 Å². The van der Waals surface area contributed by atoms with Crippen LogP contribution in [-0.2, 0) is 33.2 Å². The lowest BCUT2D eigenvalue weighted by molar-refractivity contribution is -0.286. The molecule has 7 nitrogen and oxygen atoms in total. The van der Waals surface area contributed by atoms with E-state index in [-0.39, 0.29) is 24.4 Å². The first-order valence-electron chi connectivity index (χ1n) is 9.16. The van der Waals surface area contributed by atoms with E-state index in [2.05, 4.69) is 13.8 Å². The molecule has 25 heavy (non-hydrogen) atoms. The Morgan fingerprint density at radius 2 is 1.60 bits per heavy atom. The van der Waals surface area contributed by atoms with Crippen LogP contribution >= 0.6 is 0 Å². The van der Waals surface area contributed by atoms with Crippen LogP contribution in [0, 0.1) is 5.92 Å². The normalized spacial score (nSPS) is 40.6. The molecule has 0 radical (unpaired) electrons. The summed E-state index contributed by atoms with van der Waals surface area (Å²) in [6.07, 6.45) is -2.07. The molecule has 0 saturated carbocycles. The second-order valence-corrected chi connectivity index (χ2v) is 8.33. The molecule has 0 aromatic carbocycles. The highest BCUT2D eigenvalue weighted by Crippen LogP contribution is 2.42. The molecule has 0 aromatic heterocycles. The van der Waals surface area contributed by atoms with Crippen molar-refractivity contribution >= 4 is 0 Å². The average molecular weight is 360 g/mol. The van der Waals surface area contributed by atoms with Gasteiger partial charge in [-0.15, -0.1) is 0 Å². The highest BCUT2D eigenvalue weighted by atomic mass is 16.8. The molecule has 0 spiro atoms. The largest absolute Gasteiger partial charge is 0.353 e. The van der Waals surface area contributed by atoms with Gasteiger partial charge in [0.25, 0.3) is 0 Å². The molecule has 3 heterocycles. The van der Waals surface area contributed by atoms with Gasteiger partial charge in [0.05, 0.1) is 13.2 Å². The fourth-order valence-electron chi connectivity index (χ4n) is 3.43. The summed E-state index contributed by atoms with van der Waals surface area (Å²) in [6.45, 7) is 14.7. The number of hydrogen-bond acceptors (Lipinski definition) is 7. The fourth-order valence-corrected chi connectivity index (χ4v) is 3.43. The molecule has 3 rings (SSSR count). The summed E-state index contributed by atoms with van der Waals surface area (Å²) in [5.74, 6) is -0.867. The summed E-state index contributed by atoms with van der Waals surface area (Å²) in [7, 11) is 0. The van der Waals surface area contributed by atoms with E-state index in [1.165, 1.54) is 0 Å². The molecule has 0 N–H and O–H groups in total. The van der Waals surface area contributed by atoms with Gasteiger partial charge in [-0.1, -0.05) is 13.8 Å². The number of fused-ring (bicyclic) bond motifs is 1. The average Bonchev–Trinajstić information content (AvgIpc) is 3.08. The van der Waals surface area contributed by atoms with Gasteiger partial charge in [-0.25, -0.2) is 0 Å². The van der Waals surface area contributed by atoms with E-state index in [1.807, 2.05) is 34.6 Å². The molecule has 3 aliphatic heterocycles.